The van der Waals surface area contributed by atoms with E-state index in [0.29, 0.717) is 17.7 Å². The minimum atomic E-state index is -0.0112. The van der Waals surface area contributed by atoms with E-state index in [0.717, 1.165) is 38.8 Å². The molecular weight excluding hydrogens is 358 g/mol. The standard InChI is InChI=1S/C21H27N3O2S/c1-24(18-10-12-22-13-11-18)21(26)16-5-2-6-17(15-16)23-20(25)9-3-7-19-8-4-14-27-19/h2,4-6,8,14-15,18,22H,3,7,9-13H2,1H3,(H,23,25). The minimum absolute atomic E-state index is 0.00990. The summed E-state index contributed by atoms with van der Waals surface area (Å²) in [6.45, 7) is 1.90. The SMILES string of the molecule is CN(C(=O)c1cccc(NC(=O)CCCc2cccs2)c1)C1CCNCC1. The van der Waals surface area contributed by atoms with Gasteiger partial charge in [0.15, 0.2) is 0 Å². The molecule has 0 radical (unpaired) electrons. The van der Waals surface area contributed by atoms with Crippen molar-refractivity contribution in [3.05, 3.63) is 52.2 Å². The number of anilines is 1. The second-order valence-corrected chi connectivity index (χ2v) is 7.99. The van der Waals surface area contributed by atoms with Crippen molar-refractivity contribution in [3.8, 4) is 0 Å². The van der Waals surface area contributed by atoms with Crippen LogP contribution in [0.5, 0.6) is 0 Å². The first-order chi connectivity index (χ1) is 13.1. The van der Waals surface area contributed by atoms with Crippen LogP contribution in [0, 0.1) is 0 Å². The number of hydrogen-bond acceptors (Lipinski definition) is 4. The van der Waals surface area contributed by atoms with Gasteiger partial charge in [0.05, 0.1) is 0 Å². The first-order valence-electron chi connectivity index (χ1n) is 9.53. The number of aryl methyl sites for hydroxylation is 1. The largest absolute Gasteiger partial charge is 0.339 e. The molecule has 2 amide bonds. The van der Waals surface area contributed by atoms with E-state index in [-0.39, 0.29) is 17.9 Å². The molecule has 0 aliphatic carbocycles. The van der Waals surface area contributed by atoms with Gasteiger partial charge in [-0.1, -0.05) is 12.1 Å². The van der Waals surface area contributed by atoms with Gasteiger partial charge in [0.2, 0.25) is 5.91 Å². The second kappa shape index (κ2) is 9.67. The van der Waals surface area contributed by atoms with Crippen LogP contribution >= 0.6 is 11.3 Å². The zero-order valence-electron chi connectivity index (χ0n) is 15.7. The van der Waals surface area contributed by atoms with Crippen LogP contribution in [0.25, 0.3) is 0 Å². The molecule has 1 aliphatic rings. The molecule has 2 aromatic rings. The van der Waals surface area contributed by atoms with Crippen molar-refractivity contribution in [2.75, 3.05) is 25.5 Å². The Balaban J connectivity index is 1.52. The molecule has 0 atom stereocenters. The monoisotopic (exact) mass is 385 g/mol. The zero-order valence-corrected chi connectivity index (χ0v) is 16.6. The average Bonchev–Trinajstić information content (AvgIpc) is 3.21. The van der Waals surface area contributed by atoms with E-state index in [9.17, 15) is 9.59 Å². The van der Waals surface area contributed by atoms with Crippen LogP contribution in [0.2, 0.25) is 0 Å². The van der Waals surface area contributed by atoms with Gasteiger partial charge in [-0.15, -0.1) is 11.3 Å². The first-order valence-corrected chi connectivity index (χ1v) is 10.4. The van der Waals surface area contributed by atoms with Crippen LogP contribution in [0.15, 0.2) is 41.8 Å². The molecule has 1 aromatic carbocycles. The number of amides is 2. The lowest BCUT2D eigenvalue weighted by atomic mass is 10.0. The van der Waals surface area contributed by atoms with Gasteiger partial charge in [-0.25, -0.2) is 0 Å². The summed E-state index contributed by atoms with van der Waals surface area (Å²) < 4.78 is 0. The summed E-state index contributed by atoms with van der Waals surface area (Å²) in [7, 11) is 1.87. The number of carbonyl (C=O) groups excluding carboxylic acids is 2. The number of piperidine rings is 1. The maximum absolute atomic E-state index is 12.8. The third-order valence-electron chi connectivity index (χ3n) is 4.98. The van der Waals surface area contributed by atoms with Gasteiger partial charge in [0.1, 0.15) is 0 Å². The van der Waals surface area contributed by atoms with Crippen molar-refractivity contribution in [3.63, 3.8) is 0 Å². The highest BCUT2D eigenvalue weighted by molar-refractivity contribution is 7.09. The van der Waals surface area contributed by atoms with Gasteiger partial charge >= 0.3 is 0 Å². The number of benzene rings is 1. The van der Waals surface area contributed by atoms with Crippen LogP contribution in [0.1, 0.15) is 40.9 Å². The van der Waals surface area contributed by atoms with Crippen molar-refractivity contribution in [2.24, 2.45) is 0 Å². The first kappa shape index (κ1) is 19.6. The van der Waals surface area contributed by atoms with Crippen LogP contribution in [-0.2, 0) is 11.2 Å². The topological polar surface area (TPSA) is 61.4 Å². The van der Waals surface area contributed by atoms with Crippen LogP contribution in [0.4, 0.5) is 5.69 Å². The predicted octanol–water partition coefficient (Wildman–Crippen LogP) is 3.53. The van der Waals surface area contributed by atoms with Crippen molar-refractivity contribution in [1.82, 2.24) is 10.2 Å². The van der Waals surface area contributed by atoms with E-state index >= 15 is 0 Å². The molecule has 5 nitrogen and oxygen atoms in total. The fourth-order valence-corrected chi connectivity index (χ4v) is 4.15. The Labute approximate surface area is 164 Å². The number of rotatable bonds is 7. The Bertz CT molecular complexity index is 755. The van der Waals surface area contributed by atoms with E-state index in [1.54, 1.807) is 17.4 Å². The lowest BCUT2D eigenvalue weighted by Gasteiger charge is -2.31. The predicted molar refractivity (Wildman–Crippen MR) is 110 cm³/mol. The molecule has 0 unspecified atom stereocenters. The Morgan fingerprint density at radius 2 is 2.04 bits per heavy atom. The lowest BCUT2D eigenvalue weighted by molar-refractivity contribution is -0.116. The zero-order chi connectivity index (χ0) is 19.1. The maximum Gasteiger partial charge on any atom is 0.253 e. The van der Waals surface area contributed by atoms with Crippen LogP contribution < -0.4 is 10.6 Å². The van der Waals surface area contributed by atoms with Gasteiger partial charge in [0.25, 0.3) is 5.91 Å². The Morgan fingerprint density at radius 3 is 2.78 bits per heavy atom. The van der Waals surface area contributed by atoms with Gasteiger partial charge in [-0.05, 0) is 68.4 Å². The molecule has 0 bridgehead atoms. The molecule has 1 aromatic heterocycles. The van der Waals surface area contributed by atoms with E-state index < -0.39 is 0 Å². The van der Waals surface area contributed by atoms with Gasteiger partial charge in [-0.3, -0.25) is 9.59 Å². The number of carbonyl (C=O) groups is 2. The van der Waals surface area contributed by atoms with Crippen molar-refractivity contribution in [2.45, 2.75) is 38.1 Å². The van der Waals surface area contributed by atoms with E-state index in [2.05, 4.69) is 22.1 Å². The van der Waals surface area contributed by atoms with Gasteiger partial charge in [0, 0.05) is 35.6 Å². The number of hydrogen-bond donors (Lipinski definition) is 2. The molecule has 1 fully saturated rings. The van der Waals surface area contributed by atoms with Crippen molar-refractivity contribution < 1.29 is 9.59 Å². The molecule has 3 rings (SSSR count). The maximum atomic E-state index is 12.8. The summed E-state index contributed by atoms with van der Waals surface area (Å²) >= 11 is 1.72. The summed E-state index contributed by atoms with van der Waals surface area (Å²) in [6.07, 6.45) is 4.17. The summed E-state index contributed by atoms with van der Waals surface area (Å²) in [4.78, 5) is 28.1. The van der Waals surface area contributed by atoms with E-state index in [1.807, 2.05) is 36.2 Å². The van der Waals surface area contributed by atoms with Gasteiger partial charge in [-0.2, -0.15) is 0 Å². The summed E-state index contributed by atoms with van der Waals surface area (Å²) in [5.41, 5.74) is 1.30. The molecule has 1 aliphatic heterocycles. The minimum Gasteiger partial charge on any atom is -0.339 e. The van der Waals surface area contributed by atoms with E-state index in [1.165, 1.54) is 4.88 Å². The summed E-state index contributed by atoms with van der Waals surface area (Å²) in [6, 6.07) is 11.6. The fraction of sp³-hybridized carbons (Fsp3) is 0.429. The normalized spacial score (nSPS) is 14.7. The average molecular weight is 386 g/mol. The Morgan fingerprint density at radius 1 is 1.22 bits per heavy atom. The van der Waals surface area contributed by atoms with Crippen LogP contribution in [0.3, 0.4) is 0 Å². The molecule has 0 spiro atoms. The smallest absolute Gasteiger partial charge is 0.253 e. The highest BCUT2D eigenvalue weighted by Gasteiger charge is 2.23. The fourth-order valence-electron chi connectivity index (χ4n) is 3.39. The quantitative estimate of drug-likeness (QED) is 0.766. The molecule has 2 heterocycles. The molecular formula is C21H27N3O2S. The highest BCUT2D eigenvalue weighted by Crippen LogP contribution is 2.17. The molecule has 27 heavy (non-hydrogen) atoms. The van der Waals surface area contributed by atoms with Crippen LogP contribution in [-0.4, -0.2) is 42.9 Å². The van der Waals surface area contributed by atoms with Crippen molar-refractivity contribution >= 4 is 28.8 Å². The number of nitrogens with one attached hydrogen (secondary N) is 2. The number of nitrogens with zero attached hydrogens (tertiary/aromatic N) is 1. The Kier molecular flexibility index (Phi) is 7.01. The van der Waals surface area contributed by atoms with E-state index in [4.69, 9.17) is 0 Å². The number of thiophene rings is 1. The molecule has 0 saturated carbocycles. The van der Waals surface area contributed by atoms with Gasteiger partial charge < -0.3 is 15.5 Å². The summed E-state index contributed by atoms with van der Waals surface area (Å²) in [5.74, 6) is -0.00133. The Hall–Kier alpha value is -2.18. The highest BCUT2D eigenvalue weighted by atomic mass is 32.1. The molecule has 2 N–H and O–H groups in total. The molecule has 6 heteroatoms. The van der Waals surface area contributed by atoms with Crippen molar-refractivity contribution in [1.29, 1.82) is 0 Å². The lowest BCUT2D eigenvalue weighted by Crippen LogP contribution is -2.43. The third kappa shape index (κ3) is 5.65. The third-order valence-corrected chi connectivity index (χ3v) is 5.91. The summed E-state index contributed by atoms with van der Waals surface area (Å²) in [5, 5.41) is 8.29. The molecule has 144 valence electrons. The second-order valence-electron chi connectivity index (χ2n) is 6.96. The molecule has 1 saturated heterocycles.